The van der Waals surface area contributed by atoms with Crippen LogP contribution in [0, 0.1) is 0 Å². The normalized spacial score (nSPS) is 14.6. The van der Waals surface area contributed by atoms with Gasteiger partial charge in [-0.3, -0.25) is 9.59 Å². The zero-order chi connectivity index (χ0) is 23.8. The van der Waals surface area contributed by atoms with E-state index in [9.17, 15) is 18.0 Å². The van der Waals surface area contributed by atoms with Crippen LogP contribution in [0.25, 0.3) is 0 Å². The van der Waals surface area contributed by atoms with Crippen molar-refractivity contribution in [2.24, 2.45) is 0 Å². The smallest absolute Gasteiger partial charge is 0.246 e. The molecular formula is C24H30N2O6S. The number of ether oxygens (including phenoxy) is 2. The molecular weight excluding hydrogens is 444 g/mol. The average molecular weight is 475 g/mol. The number of Topliss-reactive ketones (excluding diaryl/α,β-unsaturated/α-hetero) is 1. The number of carbonyl (C=O) groups excluding carboxylic acids is 2. The van der Waals surface area contributed by atoms with Crippen LogP contribution in [0.5, 0.6) is 5.75 Å². The molecule has 0 spiro atoms. The molecule has 1 amide bonds. The minimum atomic E-state index is -3.82. The first kappa shape index (κ1) is 24.9. The summed E-state index contributed by atoms with van der Waals surface area (Å²) in [5.41, 5.74) is 2.04. The number of sulfonamides is 1. The van der Waals surface area contributed by atoms with Crippen molar-refractivity contribution in [2.45, 2.75) is 38.0 Å². The van der Waals surface area contributed by atoms with Crippen molar-refractivity contribution in [3.63, 3.8) is 0 Å². The maximum Gasteiger partial charge on any atom is 0.246 e. The molecule has 0 unspecified atom stereocenters. The van der Waals surface area contributed by atoms with Gasteiger partial charge in [0, 0.05) is 37.2 Å². The standard InChI is InChI=1S/C24H30N2O6S/c1-3-18-5-7-19(8-6-18)21(27)10-12-24(28)25-20-9-11-22(32-4-2)23(17-20)33(29,30)26-13-15-31-16-14-26/h5-9,11,17H,3-4,10,12-16H2,1-2H3,(H,25,28). The number of benzene rings is 2. The molecule has 3 rings (SSSR count). The third kappa shape index (κ3) is 6.40. The molecule has 1 aliphatic heterocycles. The Labute approximate surface area is 194 Å². The van der Waals surface area contributed by atoms with Gasteiger partial charge in [0.25, 0.3) is 0 Å². The highest BCUT2D eigenvalue weighted by Gasteiger charge is 2.29. The molecule has 0 saturated carbocycles. The number of rotatable bonds is 10. The summed E-state index contributed by atoms with van der Waals surface area (Å²) in [4.78, 5) is 24.8. The summed E-state index contributed by atoms with van der Waals surface area (Å²) in [6, 6.07) is 11.9. The number of hydrogen-bond acceptors (Lipinski definition) is 6. The molecule has 33 heavy (non-hydrogen) atoms. The van der Waals surface area contributed by atoms with Crippen LogP contribution < -0.4 is 10.1 Å². The molecule has 2 aromatic rings. The Morgan fingerprint density at radius 1 is 1.03 bits per heavy atom. The molecule has 1 fully saturated rings. The van der Waals surface area contributed by atoms with E-state index in [1.807, 2.05) is 19.1 Å². The van der Waals surface area contributed by atoms with Gasteiger partial charge in [0.05, 0.1) is 19.8 Å². The lowest BCUT2D eigenvalue weighted by atomic mass is 10.0. The highest BCUT2D eigenvalue weighted by Crippen LogP contribution is 2.30. The predicted molar refractivity (Wildman–Crippen MR) is 125 cm³/mol. The zero-order valence-electron chi connectivity index (χ0n) is 19.0. The maximum atomic E-state index is 13.2. The number of nitrogens with one attached hydrogen (secondary N) is 1. The van der Waals surface area contributed by atoms with Gasteiger partial charge in [-0.25, -0.2) is 8.42 Å². The number of ketones is 1. The van der Waals surface area contributed by atoms with Gasteiger partial charge in [-0.2, -0.15) is 4.31 Å². The Kier molecular flexibility index (Phi) is 8.60. The number of aryl methyl sites for hydroxylation is 1. The van der Waals surface area contributed by atoms with Crippen molar-refractivity contribution in [2.75, 3.05) is 38.2 Å². The van der Waals surface area contributed by atoms with Crippen molar-refractivity contribution in [1.29, 1.82) is 0 Å². The molecule has 0 bridgehead atoms. The van der Waals surface area contributed by atoms with Gasteiger partial charge in [-0.1, -0.05) is 31.2 Å². The molecule has 0 atom stereocenters. The Hall–Kier alpha value is -2.75. The predicted octanol–water partition coefficient (Wildman–Crippen LogP) is 3.27. The second kappa shape index (κ2) is 11.4. The summed E-state index contributed by atoms with van der Waals surface area (Å²) in [5, 5.41) is 2.70. The molecule has 0 aliphatic carbocycles. The highest BCUT2D eigenvalue weighted by molar-refractivity contribution is 7.89. The van der Waals surface area contributed by atoms with Gasteiger partial charge >= 0.3 is 0 Å². The lowest BCUT2D eigenvalue weighted by Crippen LogP contribution is -2.40. The Morgan fingerprint density at radius 3 is 2.36 bits per heavy atom. The lowest BCUT2D eigenvalue weighted by molar-refractivity contribution is -0.116. The van der Waals surface area contributed by atoms with Gasteiger partial charge < -0.3 is 14.8 Å². The number of morpholine rings is 1. The Morgan fingerprint density at radius 2 is 1.73 bits per heavy atom. The van der Waals surface area contributed by atoms with Crippen LogP contribution in [0.15, 0.2) is 47.4 Å². The van der Waals surface area contributed by atoms with Gasteiger partial charge in [0.2, 0.25) is 15.9 Å². The summed E-state index contributed by atoms with van der Waals surface area (Å²) in [6.07, 6.45) is 0.947. The van der Waals surface area contributed by atoms with E-state index in [0.29, 0.717) is 31.1 Å². The molecule has 8 nitrogen and oxygen atoms in total. The first-order chi connectivity index (χ1) is 15.8. The van der Waals surface area contributed by atoms with Crippen LogP contribution in [0.3, 0.4) is 0 Å². The van der Waals surface area contributed by atoms with Crippen molar-refractivity contribution >= 4 is 27.4 Å². The van der Waals surface area contributed by atoms with Crippen LogP contribution in [0.4, 0.5) is 5.69 Å². The molecule has 1 N–H and O–H groups in total. The molecule has 0 radical (unpaired) electrons. The molecule has 1 heterocycles. The molecule has 1 aliphatic rings. The summed E-state index contributed by atoms with van der Waals surface area (Å²) < 4.78 is 38.5. The van der Waals surface area contributed by atoms with E-state index in [0.717, 1.165) is 12.0 Å². The molecule has 178 valence electrons. The lowest BCUT2D eigenvalue weighted by Gasteiger charge is -2.27. The molecule has 1 saturated heterocycles. The van der Waals surface area contributed by atoms with E-state index < -0.39 is 10.0 Å². The molecule has 0 aromatic heterocycles. The SMILES string of the molecule is CCOc1ccc(NC(=O)CCC(=O)c2ccc(CC)cc2)cc1S(=O)(=O)N1CCOCC1. The fourth-order valence-electron chi connectivity index (χ4n) is 3.51. The average Bonchev–Trinajstić information content (AvgIpc) is 2.84. The van der Waals surface area contributed by atoms with Crippen molar-refractivity contribution in [3.8, 4) is 5.75 Å². The Balaban J connectivity index is 1.69. The van der Waals surface area contributed by atoms with Crippen molar-refractivity contribution in [1.82, 2.24) is 4.31 Å². The molecule has 2 aromatic carbocycles. The maximum absolute atomic E-state index is 13.2. The van der Waals surface area contributed by atoms with Gasteiger partial charge in [0.1, 0.15) is 10.6 Å². The van der Waals surface area contributed by atoms with E-state index in [1.165, 1.54) is 16.4 Å². The van der Waals surface area contributed by atoms with Crippen LogP contribution in [0.2, 0.25) is 0 Å². The first-order valence-corrected chi connectivity index (χ1v) is 12.6. The topological polar surface area (TPSA) is 102 Å². The van der Waals surface area contributed by atoms with E-state index in [4.69, 9.17) is 9.47 Å². The van der Waals surface area contributed by atoms with Gasteiger partial charge in [0.15, 0.2) is 5.78 Å². The summed E-state index contributed by atoms with van der Waals surface area (Å²) in [6.45, 7) is 5.29. The van der Waals surface area contributed by atoms with Crippen LogP contribution in [-0.4, -0.2) is 57.3 Å². The number of carbonyl (C=O) groups is 2. The quantitative estimate of drug-likeness (QED) is 0.531. The van der Waals surface area contributed by atoms with E-state index >= 15 is 0 Å². The third-order valence-electron chi connectivity index (χ3n) is 5.38. The van der Waals surface area contributed by atoms with E-state index in [1.54, 1.807) is 25.1 Å². The van der Waals surface area contributed by atoms with Crippen molar-refractivity contribution < 1.29 is 27.5 Å². The van der Waals surface area contributed by atoms with Crippen molar-refractivity contribution in [3.05, 3.63) is 53.6 Å². The third-order valence-corrected chi connectivity index (χ3v) is 7.30. The monoisotopic (exact) mass is 474 g/mol. The van der Waals surface area contributed by atoms with Crippen LogP contribution in [0.1, 0.15) is 42.6 Å². The number of anilines is 1. The van der Waals surface area contributed by atoms with E-state index in [2.05, 4.69) is 5.32 Å². The summed E-state index contributed by atoms with van der Waals surface area (Å²) >= 11 is 0. The summed E-state index contributed by atoms with van der Waals surface area (Å²) in [7, 11) is -3.82. The number of amides is 1. The zero-order valence-corrected chi connectivity index (χ0v) is 19.8. The minimum absolute atomic E-state index is 0.00357. The highest BCUT2D eigenvalue weighted by atomic mass is 32.2. The summed E-state index contributed by atoms with van der Waals surface area (Å²) in [5.74, 6) is -0.254. The Bertz CT molecular complexity index is 1080. The van der Waals surface area contributed by atoms with Crippen LogP contribution in [-0.2, 0) is 26.0 Å². The minimum Gasteiger partial charge on any atom is -0.492 e. The molecule has 9 heteroatoms. The van der Waals surface area contributed by atoms with Crippen LogP contribution >= 0.6 is 0 Å². The van der Waals surface area contributed by atoms with Gasteiger partial charge in [-0.05, 0) is 37.1 Å². The number of hydrogen-bond donors (Lipinski definition) is 1. The second-order valence-electron chi connectivity index (χ2n) is 7.63. The second-order valence-corrected chi connectivity index (χ2v) is 9.54. The fourth-order valence-corrected chi connectivity index (χ4v) is 5.07. The van der Waals surface area contributed by atoms with E-state index in [-0.39, 0.29) is 48.3 Å². The largest absolute Gasteiger partial charge is 0.492 e. The van der Waals surface area contributed by atoms with Gasteiger partial charge in [-0.15, -0.1) is 0 Å². The number of nitrogens with zero attached hydrogens (tertiary/aromatic N) is 1. The fraction of sp³-hybridized carbons (Fsp3) is 0.417. The first-order valence-electron chi connectivity index (χ1n) is 11.1.